The maximum Gasteiger partial charge on any atom is 0.323 e. The smallest absolute Gasteiger partial charge is 0.323 e. The zero-order valence-corrected chi connectivity index (χ0v) is 14.5. The molecule has 0 aromatic carbocycles. The zero-order chi connectivity index (χ0) is 16.0. The van der Waals surface area contributed by atoms with Gasteiger partial charge in [0.25, 0.3) is 0 Å². The lowest BCUT2D eigenvalue weighted by atomic mass is 9.93. The van der Waals surface area contributed by atoms with Crippen LogP contribution in [0.5, 0.6) is 0 Å². The molecule has 2 N–H and O–H groups in total. The van der Waals surface area contributed by atoms with Crippen molar-refractivity contribution in [2.24, 2.45) is 5.92 Å². The first kappa shape index (κ1) is 18.4. The van der Waals surface area contributed by atoms with Crippen LogP contribution in [0.1, 0.15) is 66.7 Å². The highest BCUT2D eigenvalue weighted by Crippen LogP contribution is 2.24. The number of likely N-dealkylation sites (tertiary alicyclic amines) is 1. The van der Waals surface area contributed by atoms with Crippen molar-refractivity contribution >= 4 is 5.97 Å². The van der Waals surface area contributed by atoms with Gasteiger partial charge in [0.2, 0.25) is 0 Å². The topological polar surface area (TPSA) is 52.6 Å². The van der Waals surface area contributed by atoms with E-state index in [-0.39, 0.29) is 6.04 Å². The predicted octanol–water partition coefficient (Wildman–Crippen LogP) is 3.12. The molecule has 1 rings (SSSR count). The Bertz CT molecular complexity index is 331. The molecule has 0 amide bonds. The number of nitrogens with one attached hydrogen (secondary N) is 1. The minimum absolute atomic E-state index is 0.190. The summed E-state index contributed by atoms with van der Waals surface area (Å²) < 4.78 is 0. The molecule has 1 aliphatic rings. The van der Waals surface area contributed by atoms with Crippen LogP contribution in [-0.2, 0) is 4.79 Å². The van der Waals surface area contributed by atoms with Crippen molar-refractivity contribution in [2.45, 2.75) is 84.3 Å². The molecule has 0 saturated carbocycles. The third-order valence-electron chi connectivity index (χ3n) is 4.64. The van der Waals surface area contributed by atoms with Gasteiger partial charge in [0, 0.05) is 12.1 Å². The van der Waals surface area contributed by atoms with E-state index < -0.39 is 11.5 Å². The van der Waals surface area contributed by atoms with Crippen LogP contribution in [0.4, 0.5) is 0 Å². The predicted molar refractivity (Wildman–Crippen MR) is 87.6 cm³/mol. The SMILES string of the molecule is CC(C)NC(C)(CCCCN1CCCC1C(C)C)C(=O)O. The molecule has 2 unspecified atom stereocenters. The van der Waals surface area contributed by atoms with Crippen molar-refractivity contribution in [3.8, 4) is 0 Å². The summed E-state index contributed by atoms with van der Waals surface area (Å²) in [5, 5.41) is 12.6. The first-order chi connectivity index (χ1) is 9.76. The van der Waals surface area contributed by atoms with E-state index in [9.17, 15) is 9.90 Å². The molecule has 2 atom stereocenters. The molecular formula is C17H34N2O2. The van der Waals surface area contributed by atoms with E-state index in [0.717, 1.165) is 31.3 Å². The molecule has 1 heterocycles. The van der Waals surface area contributed by atoms with E-state index in [1.807, 2.05) is 20.8 Å². The number of aliphatic carboxylic acids is 1. The average molecular weight is 298 g/mol. The standard InChI is InChI=1S/C17H34N2O2/c1-13(2)15-9-8-12-19(15)11-7-6-10-17(5,16(20)21)18-14(3)4/h13-15,18H,6-12H2,1-5H3,(H,20,21). The molecule has 4 nitrogen and oxygen atoms in total. The van der Waals surface area contributed by atoms with Crippen molar-refractivity contribution in [3.05, 3.63) is 0 Å². The summed E-state index contributed by atoms with van der Waals surface area (Å²) >= 11 is 0. The van der Waals surface area contributed by atoms with Crippen LogP contribution in [0.15, 0.2) is 0 Å². The van der Waals surface area contributed by atoms with Crippen LogP contribution in [0, 0.1) is 5.92 Å². The molecule has 0 aromatic heterocycles. The summed E-state index contributed by atoms with van der Waals surface area (Å²) in [5.41, 5.74) is -0.795. The lowest BCUT2D eigenvalue weighted by molar-refractivity contribution is -0.144. The largest absolute Gasteiger partial charge is 0.480 e. The molecule has 0 bridgehead atoms. The zero-order valence-electron chi connectivity index (χ0n) is 14.5. The highest BCUT2D eigenvalue weighted by molar-refractivity contribution is 5.78. The van der Waals surface area contributed by atoms with Gasteiger partial charge in [-0.05, 0) is 71.9 Å². The minimum Gasteiger partial charge on any atom is -0.480 e. The van der Waals surface area contributed by atoms with Crippen LogP contribution in [0.2, 0.25) is 0 Å². The molecule has 21 heavy (non-hydrogen) atoms. The van der Waals surface area contributed by atoms with Gasteiger partial charge in [0.1, 0.15) is 5.54 Å². The van der Waals surface area contributed by atoms with E-state index in [1.165, 1.54) is 19.4 Å². The maximum absolute atomic E-state index is 11.5. The fraction of sp³-hybridized carbons (Fsp3) is 0.941. The quantitative estimate of drug-likeness (QED) is 0.642. The normalized spacial score (nSPS) is 22.9. The first-order valence-electron chi connectivity index (χ1n) is 8.51. The number of hydrogen-bond donors (Lipinski definition) is 2. The van der Waals surface area contributed by atoms with Gasteiger partial charge in [-0.1, -0.05) is 13.8 Å². The Hall–Kier alpha value is -0.610. The van der Waals surface area contributed by atoms with Gasteiger partial charge in [-0.25, -0.2) is 0 Å². The van der Waals surface area contributed by atoms with Crippen LogP contribution >= 0.6 is 0 Å². The second-order valence-electron chi connectivity index (χ2n) is 7.38. The molecule has 124 valence electrons. The van der Waals surface area contributed by atoms with Crippen molar-refractivity contribution < 1.29 is 9.90 Å². The van der Waals surface area contributed by atoms with Gasteiger partial charge in [-0.15, -0.1) is 0 Å². The lowest BCUT2D eigenvalue weighted by Crippen LogP contribution is -2.52. The van der Waals surface area contributed by atoms with E-state index in [0.29, 0.717) is 6.42 Å². The number of nitrogens with zero attached hydrogens (tertiary/aromatic N) is 1. The van der Waals surface area contributed by atoms with Gasteiger partial charge >= 0.3 is 5.97 Å². The second-order valence-corrected chi connectivity index (χ2v) is 7.38. The Morgan fingerprint density at radius 1 is 1.33 bits per heavy atom. The van der Waals surface area contributed by atoms with Crippen LogP contribution in [-0.4, -0.2) is 46.7 Å². The summed E-state index contributed by atoms with van der Waals surface area (Å²) in [6.07, 6.45) is 5.38. The fourth-order valence-electron chi connectivity index (χ4n) is 3.56. The van der Waals surface area contributed by atoms with Gasteiger partial charge in [0.05, 0.1) is 0 Å². The van der Waals surface area contributed by atoms with E-state index >= 15 is 0 Å². The summed E-state index contributed by atoms with van der Waals surface area (Å²) in [5.74, 6) is -0.0168. The van der Waals surface area contributed by atoms with E-state index in [4.69, 9.17) is 0 Å². The monoisotopic (exact) mass is 298 g/mol. The Morgan fingerprint density at radius 2 is 2.00 bits per heavy atom. The fourth-order valence-corrected chi connectivity index (χ4v) is 3.56. The van der Waals surface area contributed by atoms with Gasteiger partial charge in [-0.2, -0.15) is 0 Å². The summed E-state index contributed by atoms with van der Waals surface area (Å²) in [4.78, 5) is 14.1. The maximum atomic E-state index is 11.5. The molecule has 0 spiro atoms. The number of carboxylic acids is 1. The van der Waals surface area contributed by atoms with Crippen LogP contribution < -0.4 is 5.32 Å². The Balaban J connectivity index is 2.36. The molecule has 0 aromatic rings. The number of hydrogen-bond acceptors (Lipinski definition) is 3. The molecule has 0 radical (unpaired) electrons. The first-order valence-corrected chi connectivity index (χ1v) is 8.51. The van der Waals surface area contributed by atoms with E-state index in [1.54, 1.807) is 0 Å². The van der Waals surface area contributed by atoms with Crippen LogP contribution in [0.3, 0.4) is 0 Å². The van der Waals surface area contributed by atoms with Crippen molar-refractivity contribution in [3.63, 3.8) is 0 Å². The van der Waals surface area contributed by atoms with Crippen molar-refractivity contribution in [1.29, 1.82) is 0 Å². The van der Waals surface area contributed by atoms with Crippen molar-refractivity contribution in [1.82, 2.24) is 10.2 Å². The summed E-state index contributed by atoms with van der Waals surface area (Å²) in [6, 6.07) is 0.916. The number of carbonyl (C=O) groups is 1. The Kier molecular flexibility index (Phi) is 7.14. The number of unbranched alkanes of at least 4 members (excludes halogenated alkanes) is 1. The van der Waals surface area contributed by atoms with Gasteiger partial charge in [0.15, 0.2) is 0 Å². The molecular weight excluding hydrogens is 264 g/mol. The lowest BCUT2D eigenvalue weighted by Gasteiger charge is -2.30. The highest BCUT2D eigenvalue weighted by atomic mass is 16.4. The van der Waals surface area contributed by atoms with Crippen LogP contribution in [0.25, 0.3) is 0 Å². The average Bonchev–Trinajstić information content (AvgIpc) is 2.82. The Morgan fingerprint density at radius 3 is 2.52 bits per heavy atom. The number of carboxylic acid groups (broad SMARTS) is 1. The molecule has 0 aliphatic carbocycles. The molecule has 1 aliphatic heterocycles. The van der Waals surface area contributed by atoms with Crippen molar-refractivity contribution in [2.75, 3.05) is 13.1 Å². The summed E-state index contributed by atoms with van der Waals surface area (Å²) in [6.45, 7) is 12.7. The van der Waals surface area contributed by atoms with Gasteiger partial charge < -0.3 is 10.0 Å². The highest BCUT2D eigenvalue weighted by Gasteiger charge is 2.33. The minimum atomic E-state index is -0.795. The number of rotatable bonds is 9. The molecule has 4 heteroatoms. The molecule has 1 saturated heterocycles. The van der Waals surface area contributed by atoms with Gasteiger partial charge in [-0.3, -0.25) is 10.1 Å². The third kappa shape index (κ3) is 5.59. The van der Waals surface area contributed by atoms with E-state index in [2.05, 4.69) is 24.1 Å². The summed E-state index contributed by atoms with van der Waals surface area (Å²) in [7, 11) is 0. The third-order valence-corrected chi connectivity index (χ3v) is 4.64. The molecule has 1 fully saturated rings. The second kappa shape index (κ2) is 8.14. The Labute approximate surface area is 130 Å².